The van der Waals surface area contributed by atoms with Crippen molar-refractivity contribution < 1.29 is 4.79 Å². The van der Waals surface area contributed by atoms with Crippen molar-refractivity contribution in [3.63, 3.8) is 0 Å². The molecule has 0 aromatic heterocycles. The van der Waals surface area contributed by atoms with Crippen molar-refractivity contribution in [3.8, 4) is 6.07 Å². The van der Waals surface area contributed by atoms with Crippen LogP contribution in [0.25, 0.3) is 0 Å². The van der Waals surface area contributed by atoms with Crippen molar-refractivity contribution in [1.82, 2.24) is 10.6 Å². The van der Waals surface area contributed by atoms with Crippen LogP contribution in [0, 0.1) is 11.3 Å². The van der Waals surface area contributed by atoms with E-state index < -0.39 is 0 Å². The van der Waals surface area contributed by atoms with E-state index in [0.717, 1.165) is 22.9 Å². The molecule has 0 saturated carbocycles. The standard InChI is InChI=1S/C15H18BrN3O/c1-2-3-8-19-15(20)13(9-17)11-18-10-12-6-4-5-7-14(12)16/h4-7,11,18H,2-3,8,10H2,1H3,(H,19,20)/b13-11-. The lowest BCUT2D eigenvalue weighted by atomic mass is 10.2. The van der Waals surface area contributed by atoms with E-state index in [-0.39, 0.29) is 11.5 Å². The average Bonchev–Trinajstić information content (AvgIpc) is 2.45. The Morgan fingerprint density at radius 2 is 2.20 bits per heavy atom. The topological polar surface area (TPSA) is 64.9 Å². The zero-order valence-electron chi connectivity index (χ0n) is 11.4. The number of carbonyl (C=O) groups is 1. The van der Waals surface area contributed by atoms with E-state index in [1.165, 1.54) is 6.20 Å². The second-order valence-corrected chi connectivity index (χ2v) is 5.11. The summed E-state index contributed by atoms with van der Waals surface area (Å²) in [5, 5.41) is 14.7. The van der Waals surface area contributed by atoms with Gasteiger partial charge in [-0.05, 0) is 18.1 Å². The summed E-state index contributed by atoms with van der Waals surface area (Å²) in [6, 6.07) is 9.70. The number of rotatable bonds is 7. The van der Waals surface area contributed by atoms with Crippen molar-refractivity contribution >= 4 is 21.8 Å². The smallest absolute Gasteiger partial charge is 0.263 e. The van der Waals surface area contributed by atoms with Crippen molar-refractivity contribution in [2.75, 3.05) is 6.54 Å². The molecule has 0 heterocycles. The molecule has 0 aliphatic carbocycles. The van der Waals surface area contributed by atoms with E-state index in [1.54, 1.807) is 0 Å². The van der Waals surface area contributed by atoms with Crippen LogP contribution < -0.4 is 10.6 Å². The third-order valence-corrected chi connectivity index (χ3v) is 3.45. The monoisotopic (exact) mass is 335 g/mol. The van der Waals surface area contributed by atoms with Crippen molar-refractivity contribution in [2.24, 2.45) is 0 Å². The lowest BCUT2D eigenvalue weighted by molar-refractivity contribution is -0.117. The van der Waals surface area contributed by atoms with Gasteiger partial charge >= 0.3 is 0 Å². The molecule has 0 aliphatic heterocycles. The number of nitrogens with zero attached hydrogens (tertiary/aromatic N) is 1. The summed E-state index contributed by atoms with van der Waals surface area (Å²) in [4.78, 5) is 11.7. The van der Waals surface area contributed by atoms with Gasteiger partial charge < -0.3 is 10.6 Å². The molecule has 0 radical (unpaired) electrons. The number of carbonyl (C=O) groups excluding carboxylic acids is 1. The summed E-state index contributed by atoms with van der Waals surface area (Å²) >= 11 is 3.45. The molecule has 106 valence electrons. The zero-order chi connectivity index (χ0) is 14.8. The predicted octanol–water partition coefficient (Wildman–Crippen LogP) is 2.86. The van der Waals surface area contributed by atoms with Crippen LogP contribution >= 0.6 is 15.9 Å². The fourth-order valence-corrected chi connectivity index (χ4v) is 1.95. The Bertz CT molecular complexity index is 520. The van der Waals surface area contributed by atoms with Crippen LogP contribution in [0.2, 0.25) is 0 Å². The fraction of sp³-hybridized carbons (Fsp3) is 0.333. The normalized spacial score (nSPS) is 10.8. The number of unbranched alkanes of at least 4 members (excludes halogenated alkanes) is 1. The lowest BCUT2D eigenvalue weighted by Crippen LogP contribution is -2.26. The van der Waals surface area contributed by atoms with E-state index in [2.05, 4.69) is 26.6 Å². The minimum absolute atomic E-state index is 0.0909. The van der Waals surface area contributed by atoms with Crippen LogP contribution in [0.15, 0.2) is 40.5 Å². The first-order valence-electron chi connectivity index (χ1n) is 6.54. The quantitative estimate of drug-likeness (QED) is 0.457. The van der Waals surface area contributed by atoms with Crippen molar-refractivity contribution in [1.29, 1.82) is 5.26 Å². The van der Waals surface area contributed by atoms with Gasteiger partial charge in [-0.2, -0.15) is 5.26 Å². The van der Waals surface area contributed by atoms with Crippen LogP contribution in [0.3, 0.4) is 0 Å². The number of halogens is 1. The number of amides is 1. The van der Waals surface area contributed by atoms with Gasteiger partial charge in [0.05, 0.1) is 0 Å². The number of nitrogens with one attached hydrogen (secondary N) is 2. The second-order valence-electron chi connectivity index (χ2n) is 4.25. The van der Waals surface area contributed by atoms with Gasteiger partial charge in [0.1, 0.15) is 11.6 Å². The highest BCUT2D eigenvalue weighted by Crippen LogP contribution is 2.15. The van der Waals surface area contributed by atoms with Gasteiger partial charge in [-0.1, -0.05) is 47.5 Å². The highest BCUT2D eigenvalue weighted by molar-refractivity contribution is 9.10. The van der Waals surface area contributed by atoms with E-state index in [0.29, 0.717) is 13.1 Å². The molecule has 1 aromatic carbocycles. The van der Waals surface area contributed by atoms with E-state index in [4.69, 9.17) is 5.26 Å². The molecule has 2 N–H and O–H groups in total. The molecule has 0 saturated heterocycles. The minimum atomic E-state index is -0.333. The SMILES string of the molecule is CCCCNC(=O)/C(C#N)=C\NCc1ccccc1Br. The van der Waals surface area contributed by atoms with Gasteiger partial charge in [-0.25, -0.2) is 0 Å². The molecule has 0 atom stereocenters. The van der Waals surface area contributed by atoms with Gasteiger partial charge in [0.25, 0.3) is 5.91 Å². The summed E-state index contributed by atoms with van der Waals surface area (Å²) in [6.45, 7) is 3.19. The highest BCUT2D eigenvalue weighted by atomic mass is 79.9. The Balaban J connectivity index is 2.52. The second kappa shape index (κ2) is 9.16. The van der Waals surface area contributed by atoms with Crippen molar-refractivity contribution in [3.05, 3.63) is 46.1 Å². The van der Waals surface area contributed by atoms with Crippen LogP contribution in [-0.2, 0) is 11.3 Å². The Labute approximate surface area is 128 Å². The molecule has 0 aliphatic rings. The summed E-state index contributed by atoms with van der Waals surface area (Å²) in [6.07, 6.45) is 3.38. The predicted molar refractivity (Wildman–Crippen MR) is 82.6 cm³/mol. The molecule has 0 fully saturated rings. The number of hydrogen-bond acceptors (Lipinski definition) is 3. The molecule has 1 rings (SSSR count). The Hall–Kier alpha value is -1.80. The molecular weight excluding hydrogens is 318 g/mol. The molecule has 1 amide bonds. The zero-order valence-corrected chi connectivity index (χ0v) is 13.0. The van der Waals surface area contributed by atoms with Gasteiger partial charge in [0.15, 0.2) is 0 Å². The number of nitriles is 1. The summed E-state index contributed by atoms with van der Waals surface area (Å²) in [5.74, 6) is -0.333. The molecule has 0 spiro atoms. The van der Waals surface area contributed by atoms with Gasteiger partial charge in [0.2, 0.25) is 0 Å². The molecule has 0 bridgehead atoms. The third kappa shape index (κ3) is 5.45. The minimum Gasteiger partial charge on any atom is -0.386 e. The van der Waals surface area contributed by atoms with Crippen LogP contribution in [0.1, 0.15) is 25.3 Å². The summed E-state index contributed by atoms with van der Waals surface area (Å²) < 4.78 is 0.992. The summed E-state index contributed by atoms with van der Waals surface area (Å²) in [5.41, 5.74) is 1.15. The Morgan fingerprint density at radius 3 is 2.85 bits per heavy atom. The molecule has 1 aromatic rings. The van der Waals surface area contributed by atoms with Crippen molar-refractivity contribution in [2.45, 2.75) is 26.3 Å². The Kier molecular flexibility index (Phi) is 7.44. The fourth-order valence-electron chi connectivity index (χ4n) is 1.53. The largest absolute Gasteiger partial charge is 0.386 e. The molecule has 20 heavy (non-hydrogen) atoms. The van der Waals surface area contributed by atoms with E-state index in [1.807, 2.05) is 37.3 Å². The molecular formula is C15H18BrN3O. The third-order valence-electron chi connectivity index (χ3n) is 2.68. The number of hydrogen-bond donors (Lipinski definition) is 2. The van der Waals surface area contributed by atoms with Crippen LogP contribution in [0.5, 0.6) is 0 Å². The lowest BCUT2D eigenvalue weighted by Gasteiger charge is -2.06. The molecule has 4 nitrogen and oxygen atoms in total. The summed E-state index contributed by atoms with van der Waals surface area (Å²) in [7, 11) is 0. The molecule has 0 unspecified atom stereocenters. The first-order chi connectivity index (χ1) is 9.69. The van der Waals surface area contributed by atoms with E-state index in [9.17, 15) is 4.79 Å². The van der Waals surface area contributed by atoms with Gasteiger partial charge in [-0.3, -0.25) is 4.79 Å². The molecule has 5 heteroatoms. The number of benzene rings is 1. The highest BCUT2D eigenvalue weighted by Gasteiger charge is 2.07. The maximum Gasteiger partial charge on any atom is 0.263 e. The maximum atomic E-state index is 11.7. The Morgan fingerprint density at radius 1 is 1.45 bits per heavy atom. The maximum absolute atomic E-state index is 11.7. The average molecular weight is 336 g/mol. The van der Waals surface area contributed by atoms with Gasteiger partial charge in [-0.15, -0.1) is 0 Å². The first-order valence-corrected chi connectivity index (χ1v) is 7.33. The van der Waals surface area contributed by atoms with E-state index >= 15 is 0 Å². The first kappa shape index (κ1) is 16.3. The van der Waals surface area contributed by atoms with Crippen LogP contribution in [-0.4, -0.2) is 12.5 Å². The van der Waals surface area contributed by atoms with Crippen LogP contribution in [0.4, 0.5) is 0 Å². The van der Waals surface area contributed by atoms with Gasteiger partial charge in [0, 0.05) is 23.8 Å².